The van der Waals surface area contributed by atoms with Crippen LogP contribution in [0.5, 0.6) is 0 Å². The van der Waals surface area contributed by atoms with Gasteiger partial charge in [-0.25, -0.2) is 4.39 Å². The summed E-state index contributed by atoms with van der Waals surface area (Å²) in [6, 6.07) is 3.66. The van der Waals surface area contributed by atoms with E-state index in [4.69, 9.17) is 28.9 Å². The molecule has 0 bridgehead atoms. The molecule has 5 heteroatoms. The van der Waals surface area contributed by atoms with Gasteiger partial charge in [0.15, 0.2) is 0 Å². The van der Waals surface area contributed by atoms with Crippen molar-refractivity contribution in [2.24, 2.45) is 5.73 Å². The minimum absolute atomic E-state index is 0.357. The maximum Gasteiger partial charge on any atom is 0.123 e. The Kier molecular flexibility index (Phi) is 3.73. The fourth-order valence-corrected chi connectivity index (χ4v) is 3.12. The van der Waals surface area contributed by atoms with Crippen LogP contribution >= 0.6 is 34.5 Å². The molecule has 0 radical (unpaired) electrons. The standard InChI is InChI=1S/C12H10Cl2FNS/c1-6-5-17-12(10(6)14)11(16)8-4-7(15)2-3-9(8)13/h2-5,11H,16H2,1H3. The molecule has 2 aromatic rings. The van der Waals surface area contributed by atoms with Gasteiger partial charge < -0.3 is 5.73 Å². The van der Waals surface area contributed by atoms with Crippen LogP contribution in [0.3, 0.4) is 0 Å². The number of rotatable bonds is 2. The molecular weight excluding hydrogens is 280 g/mol. The third-order valence-corrected chi connectivity index (χ3v) is 4.64. The summed E-state index contributed by atoms with van der Waals surface area (Å²) >= 11 is 13.6. The Balaban J connectivity index is 2.47. The Morgan fingerprint density at radius 1 is 1.35 bits per heavy atom. The number of hydrogen-bond donors (Lipinski definition) is 1. The van der Waals surface area contributed by atoms with E-state index in [2.05, 4.69) is 0 Å². The summed E-state index contributed by atoms with van der Waals surface area (Å²) in [6.45, 7) is 1.90. The van der Waals surface area contributed by atoms with Crippen molar-refractivity contribution in [3.63, 3.8) is 0 Å². The van der Waals surface area contributed by atoms with E-state index in [0.29, 0.717) is 15.6 Å². The van der Waals surface area contributed by atoms with Crippen molar-refractivity contribution in [3.05, 3.63) is 55.4 Å². The monoisotopic (exact) mass is 289 g/mol. The van der Waals surface area contributed by atoms with E-state index < -0.39 is 6.04 Å². The summed E-state index contributed by atoms with van der Waals surface area (Å²) in [4.78, 5) is 0.802. The molecule has 0 aliphatic carbocycles. The SMILES string of the molecule is Cc1csc(C(N)c2cc(F)ccc2Cl)c1Cl. The summed E-state index contributed by atoms with van der Waals surface area (Å²) in [5, 5.41) is 2.99. The first-order valence-corrected chi connectivity index (χ1v) is 6.58. The molecule has 0 fully saturated rings. The molecule has 1 heterocycles. The average Bonchev–Trinajstić information content (AvgIpc) is 2.62. The van der Waals surface area contributed by atoms with E-state index in [-0.39, 0.29) is 5.82 Å². The third-order valence-electron chi connectivity index (χ3n) is 2.50. The van der Waals surface area contributed by atoms with Crippen LogP contribution in [0.25, 0.3) is 0 Å². The number of thiophene rings is 1. The smallest absolute Gasteiger partial charge is 0.123 e. The topological polar surface area (TPSA) is 26.0 Å². The second-order valence-electron chi connectivity index (χ2n) is 3.74. The lowest BCUT2D eigenvalue weighted by molar-refractivity contribution is 0.624. The zero-order valence-electron chi connectivity index (χ0n) is 9.01. The van der Waals surface area contributed by atoms with Gasteiger partial charge in [-0.1, -0.05) is 23.2 Å². The van der Waals surface area contributed by atoms with Crippen LogP contribution in [-0.2, 0) is 0 Å². The predicted molar refractivity (Wildman–Crippen MR) is 71.5 cm³/mol. The Bertz CT molecular complexity index is 553. The first-order valence-electron chi connectivity index (χ1n) is 4.94. The van der Waals surface area contributed by atoms with Gasteiger partial charge in [0.1, 0.15) is 5.82 Å². The van der Waals surface area contributed by atoms with Gasteiger partial charge in [0.05, 0.1) is 11.1 Å². The Morgan fingerprint density at radius 2 is 2.06 bits per heavy atom. The second-order valence-corrected chi connectivity index (χ2v) is 5.44. The van der Waals surface area contributed by atoms with Gasteiger partial charge in [0.2, 0.25) is 0 Å². The number of hydrogen-bond acceptors (Lipinski definition) is 2. The summed E-state index contributed by atoms with van der Waals surface area (Å²) in [5.74, 6) is -0.357. The maximum atomic E-state index is 13.2. The van der Waals surface area contributed by atoms with Gasteiger partial charge >= 0.3 is 0 Å². The predicted octanol–water partition coefficient (Wildman–Crippen LogP) is 4.55. The molecule has 0 aliphatic heterocycles. The molecular formula is C12H10Cl2FNS. The van der Waals surface area contributed by atoms with E-state index in [1.54, 1.807) is 0 Å². The van der Waals surface area contributed by atoms with Crippen molar-refractivity contribution < 1.29 is 4.39 Å². The molecule has 1 aromatic carbocycles. The molecule has 0 saturated heterocycles. The largest absolute Gasteiger partial charge is 0.320 e. The molecule has 0 saturated carbocycles. The van der Waals surface area contributed by atoms with Crippen molar-refractivity contribution in [1.82, 2.24) is 0 Å². The van der Waals surface area contributed by atoms with Crippen LogP contribution < -0.4 is 5.73 Å². The summed E-state index contributed by atoms with van der Waals surface area (Å²) in [6.07, 6.45) is 0. The number of nitrogens with two attached hydrogens (primary N) is 1. The minimum atomic E-state index is -0.496. The van der Waals surface area contributed by atoms with Gasteiger partial charge in [-0.15, -0.1) is 11.3 Å². The Morgan fingerprint density at radius 3 is 2.65 bits per heavy atom. The van der Waals surface area contributed by atoms with Crippen molar-refractivity contribution in [3.8, 4) is 0 Å². The molecule has 1 atom stereocenters. The highest BCUT2D eigenvalue weighted by Crippen LogP contribution is 2.36. The molecule has 17 heavy (non-hydrogen) atoms. The molecule has 2 N–H and O–H groups in total. The van der Waals surface area contributed by atoms with E-state index in [9.17, 15) is 4.39 Å². The van der Waals surface area contributed by atoms with E-state index in [1.807, 2.05) is 12.3 Å². The summed E-state index contributed by atoms with van der Waals surface area (Å²) in [7, 11) is 0. The third kappa shape index (κ3) is 2.47. The summed E-state index contributed by atoms with van der Waals surface area (Å²) < 4.78 is 13.2. The van der Waals surface area contributed by atoms with Crippen molar-refractivity contribution in [2.45, 2.75) is 13.0 Å². The molecule has 0 spiro atoms. The normalized spacial score (nSPS) is 12.8. The van der Waals surface area contributed by atoms with Crippen LogP contribution in [0.1, 0.15) is 22.0 Å². The van der Waals surface area contributed by atoms with Crippen LogP contribution in [0.4, 0.5) is 4.39 Å². The minimum Gasteiger partial charge on any atom is -0.320 e. The average molecular weight is 290 g/mol. The van der Waals surface area contributed by atoms with Crippen molar-refractivity contribution in [2.75, 3.05) is 0 Å². The van der Waals surface area contributed by atoms with Gasteiger partial charge in [-0.2, -0.15) is 0 Å². The number of benzene rings is 1. The van der Waals surface area contributed by atoms with Crippen LogP contribution in [-0.4, -0.2) is 0 Å². The van der Waals surface area contributed by atoms with Crippen molar-refractivity contribution >= 4 is 34.5 Å². The fourth-order valence-electron chi connectivity index (χ4n) is 1.55. The molecule has 1 nitrogen and oxygen atoms in total. The number of aryl methyl sites for hydroxylation is 1. The quantitative estimate of drug-likeness (QED) is 0.862. The van der Waals surface area contributed by atoms with Crippen LogP contribution in [0.15, 0.2) is 23.6 Å². The second kappa shape index (κ2) is 4.94. The molecule has 1 aromatic heterocycles. The Hall–Kier alpha value is -0.610. The van der Waals surface area contributed by atoms with E-state index in [0.717, 1.165) is 10.4 Å². The highest BCUT2D eigenvalue weighted by atomic mass is 35.5. The molecule has 2 rings (SSSR count). The first kappa shape index (κ1) is 12.8. The van der Waals surface area contributed by atoms with Gasteiger partial charge in [-0.05, 0) is 41.6 Å². The lowest BCUT2D eigenvalue weighted by atomic mass is 10.1. The van der Waals surface area contributed by atoms with Gasteiger partial charge in [-0.3, -0.25) is 0 Å². The zero-order chi connectivity index (χ0) is 12.6. The first-order chi connectivity index (χ1) is 8.00. The van der Waals surface area contributed by atoms with E-state index >= 15 is 0 Å². The lowest BCUT2D eigenvalue weighted by Crippen LogP contribution is -2.11. The maximum absolute atomic E-state index is 13.2. The highest BCUT2D eigenvalue weighted by Gasteiger charge is 2.18. The van der Waals surface area contributed by atoms with Gasteiger partial charge in [0.25, 0.3) is 0 Å². The molecule has 0 aliphatic rings. The molecule has 0 amide bonds. The lowest BCUT2D eigenvalue weighted by Gasteiger charge is -2.13. The van der Waals surface area contributed by atoms with E-state index in [1.165, 1.54) is 29.5 Å². The molecule has 90 valence electrons. The zero-order valence-corrected chi connectivity index (χ0v) is 11.3. The van der Waals surface area contributed by atoms with Gasteiger partial charge in [0, 0.05) is 9.90 Å². The fraction of sp³-hybridized carbons (Fsp3) is 0.167. The summed E-state index contributed by atoms with van der Waals surface area (Å²) in [5.41, 5.74) is 7.59. The number of halogens is 3. The van der Waals surface area contributed by atoms with Crippen LogP contribution in [0, 0.1) is 12.7 Å². The Labute approximate surface area is 113 Å². The van der Waals surface area contributed by atoms with Crippen molar-refractivity contribution in [1.29, 1.82) is 0 Å². The highest BCUT2D eigenvalue weighted by molar-refractivity contribution is 7.10. The van der Waals surface area contributed by atoms with Crippen LogP contribution in [0.2, 0.25) is 10.0 Å². The molecule has 1 unspecified atom stereocenters.